The molecule has 0 bridgehead atoms. The summed E-state index contributed by atoms with van der Waals surface area (Å²) in [5.41, 5.74) is 0.550. The van der Waals surface area contributed by atoms with Crippen molar-refractivity contribution in [2.24, 2.45) is 0 Å². The van der Waals surface area contributed by atoms with Gasteiger partial charge in [-0.3, -0.25) is 4.79 Å². The predicted octanol–water partition coefficient (Wildman–Crippen LogP) is 3.69. The van der Waals surface area contributed by atoms with E-state index in [1.54, 1.807) is 25.3 Å². The van der Waals surface area contributed by atoms with Gasteiger partial charge < -0.3 is 4.90 Å². The van der Waals surface area contributed by atoms with Gasteiger partial charge in [0.15, 0.2) is 0 Å². The molecule has 16 heavy (non-hydrogen) atoms. The lowest BCUT2D eigenvalue weighted by Gasteiger charge is -2.17. The second-order valence-corrected chi connectivity index (χ2v) is 4.69. The highest BCUT2D eigenvalue weighted by molar-refractivity contribution is 8.14. The van der Waals surface area contributed by atoms with Gasteiger partial charge in [-0.05, 0) is 25.1 Å². The van der Waals surface area contributed by atoms with Gasteiger partial charge in [-0.2, -0.15) is 0 Å². The van der Waals surface area contributed by atoms with E-state index in [-0.39, 0.29) is 16.3 Å². The molecule has 0 heterocycles. The fraction of sp³-hybridized carbons (Fsp3) is 0.250. The van der Waals surface area contributed by atoms with Crippen LogP contribution in [0.25, 0.3) is 0 Å². The summed E-state index contributed by atoms with van der Waals surface area (Å²) in [6, 6.07) is 5.95. The molecule has 4 heteroatoms. The molecule has 1 amide bonds. The second kappa shape index (κ2) is 5.70. The van der Waals surface area contributed by atoms with Crippen molar-refractivity contribution in [3.05, 3.63) is 42.7 Å². The summed E-state index contributed by atoms with van der Waals surface area (Å²) in [4.78, 5) is 13.2. The van der Waals surface area contributed by atoms with E-state index in [4.69, 9.17) is 0 Å². The predicted molar refractivity (Wildman–Crippen MR) is 67.4 cm³/mol. The number of carbonyl (C=O) groups excluding carboxylic acids is 1. The van der Waals surface area contributed by atoms with Crippen molar-refractivity contribution >= 4 is 22.7 Å². The molecule has 0 fully saturated rings. The lowest BCUT2D eigenvalue weighted by molar-refractivity contribution is 0.266. The number of halogens is 1. The summed E-state index contributed by atoms with van der Waals surface area (Å²) in [5.74, 6) is -0.348. The first-order valence-electron chi connectivity index (χ1n) is 4.87. The van der Waals surface area contributed by atoms with Gasteiger partial charge in [0.1, 0.15) is 5.82 Å². The summed E-state index contributed by atoms with van der Waals surface area (Å²) in [6.07, 6.45) is 1.70. The smallest absolute Gasteiger partial charge is 0.286 e. The molecule has 1 aromatic carbocycles. The first-order valence-corrected chi connectivity index (χ1v) is 5.75. The van der Waals surface area contributed by atoms with Crippen LogP contribution in [0, 0.1) is 5.82 Å². The molecule has 0 radical (unpaired) electrons. The van der Waals surface area contributed by atoms with Gasteiger partial charge >= 0.3 is 0 Å². The van der Waals surface area contributed by atoms with Gasteiger partial charge in [-0.1, -0.05) is 23.9 Å². The molecular formula is C12H14FNOS. The van der Waals surface area contributed by atoms with Crippen LogP contribution < -0.4 is 4.90 Å². The topological polar surface area (TPSA) is 20.3 Å². The Morgan fingerprint density at radius 2 is 2.31 bits per heavy atom. The number of hydrogen-bond donors (Lipinski definition) is 0. The van der Waals surface area contributed by atoms with E-state index in [2.05, 4.69) is 6.58 Å². The van der Waals surface area contributed by atoms with E-state index < -0.39 is 0 Å². The molecule has 0 aliphatic heterocycles. The quantitative estimate of drug-likeness (QED) is 0.750. The molecule has 86 valence electrons. The maximum Gasteiger partial charge on any atom is 0.286 e. The van der Waals surface area contributed by atoms with Gasteiger partial charge in [0.05, 0.1) is 0 Å². The number of hydrogen-bond acceptors (Lipinski definition) is 2. The molecule has 0 saturated carbocycles. The van der Waals surface area contributed by atoms with Crippen LogP contribution in [-0.2, 0) is 0 Å². The van der Waals surface area contributed by atoms with Crippen LogP contribution in [0.3, 0.4) is 0 Å². The first kappa shape index (κ1) is 12.8. The van der Waals surface area contributed by atoms with E-state index >= 15 is 0 Å². The van der Waals surface area contributed by atoms with E-state index in [1.165, 1.54) is 17.0 Å². The number of carbonyl (C=O) groups is 1. The molecule has 0 aromatic heterocycles. The summed E-state index contributed by atoms with van der Waals surface area (Å²) >= 11 is 1.15. The summed E-state index contributed by atoms with van der Waals surface area (Å²) in [6.45, 7) is 5.49. The van der Waals surface area contributed by atoms with Crippen LogP contribution in [-0.4, -0.2) is 17.5 Å². The fourth-order valence-corrected chi connectivity index (χ4v) is 1.75. The highest BCUT2D eigenvalue weighted by Gasteiger charge is 2.14. The lowest BCUT2D eigenvalue weighted by atomic mass is 10.3. The van der Waals surface area contributed by atoms with Crippen molar-refractivity contribution < 1.29 is 9.18 Å². The number of nitrogens with zero attached hydrogens (tertiary/aromatic N) is 1. The number of rotatable bonds is 3. The second-order valence-electron chi connectivity index (χ2n) is 3.36. The molecule has 1 aromatic rings. The minimum atomic E-state index is -0.348. The van der Waals surface area contributed by atoms with Crippen LogP contribution >= 0.6 is 11.8 Å². The van der Waals surface area contributed by atoms with E-state index in [1.807, 2.05) is 6.92 Å². The third-order valence-corrected chi connectivity index (χ3v) is 3.13. The van der Waals surface area contributed by atoms with Gasteiger partial charge in [-0.15, -0.1) is 6.58 Å². The van der Waals surface area contributed by atoms with Gasteiger partial charge in [0.2, 0.25) is 0 Å². The van der Waals surface area contributed by atoms with Crippen molar-refractivity contribution in [1.82, 2.24) is 0 Å². The zero-order valence-corrected chi connectivity index (χ0v) is 10.1. The Morgan fingerprint density at radius 3 is 2.88 bits per heavy atom. The molecule has 0 aliphatic carbocycles. The standard InChI is InChI=1S/C12H14FNOS/c1-4-9(2)16-12(15)14(3)11-7-5-6-10(13)8-11/h4-9H,1H2,2-3H3/t9-/m0/s1. The monoisotopic (exact) mass is 239 g/mol. The van der Waals surface area contributed by atoms with Crippen molar-refractivity contribution in [3.63, 3.8) is 0 Å². The zero-order chi connectivity index (χ0) is 12.1. The molecule has 0 unspecified atom stereocenters. The fourth-order valence-electron chi connectivity index (χ4n) is 1.08. The van der Waals surface area contributed by atoms with Crippen LogP contribution in [0.2, 0.25) is 0 Å². The number of amides is 1. The maximum atomic E-state index is 13.0. The van der Waals surface area contributed by atoms with Gasteiger partial charge in [0, 0.05) is 18.0 Å². The third-order valence-electron chi connectivity index (χ3n) is 2.09. The average molecular weight is 239 g/mol. The Morgan fingerprint density at radius 1 is 1.62 bits per heavy atom. The lowest BCUT2D eigenvalue weighted by Crippen LogP contribution is -2.23. The summed E-state index contributed by atoms with van der Waals surface area (Å²) < 4.78 is 13.0. The molecule has 0 aliphatic rings. The van der Waals surface area contributed by atoms with Crippen LogP contribution in [0.4, 0.5) is 14.9 Å². The number of anilines is 1. The SMILES string of the molecule is C=C[C@H](C)SC(=O)N(C)c1cccc(F)c1. The van der Waals surface area contributed by atoms with Crippen molar-refractivity contribution in [3.8, 4) is 0 Å². The van der Waals surface area contributed by atoms with Crippen molar-refractivity contribution in [2.45, 2.75) is 12.2 Å². The molecule has 1 atom stereocenters. The van der Waals surface area contributed by atoms with E-state index in [0.29, 0.717) is 5.69 Å². The molecule has 2 nitrogen and oxygen atoms in total. The summed E-state index contributed by atoms with van der Waals surface area (Å²) in [5, 5.41) is -0.0819. The van der Waals surface area contributed by atoms with Crippen LogP contribution in [0.1, 0.15) is 6.92 Å². The normalized spacial score (nSPS) is 11.9. The third kappa shape index (κ3) is 3.38. The number of thioether (sulfide) groups is 1. The zero-order valence-electron chi connectivity index (χ0n) is 9.31. The Hall–Kier alpha value is -1.29. The largest absolute Gasteiger partial charge is 0.306 e. The minimum Gasteiger partial charge on any atom is -0.306 e. The van der Waals surface area contributed by atoms with E-state index in [9.17, 15) is 9.18 Å². The minimum absolute atomic E-state index is 0.0449. The van der Waals surface area contributed by atoms with Gasteiger partial charge in [0.25, 0.3) is 5.24 Å². The Kier molecular flexibility index (Phi) is 4.55. The average Bonchev–Trinajstić information content (AvgIpc) is 2.27. The molecule has 0 N–H and O–H groups in total. The maximum absolute atomic E-state index is 13.0. The molecule has 0 saturated heterocycles. The van der Waals surface area contributed by atoms with Crippen molar-refractivity contribution in [2.75, 3.05) is 11.9 Å². The molecular weight excluding hydrogens is 225 g/mol. The Bertz CT molecular complexity index is 394. The molecule has 1 rings (SSSR count). The highest BCUT2D eigenvalue weighted by Crippen LogP contribution is 2.21. The Labute approximate surface area is 99.1 Å². The van der Waals surface area contributed by atoms with Crippen molar-refractivity contribution in [1.29, 1.82) is 0 Å². The number of benzene rings is 1. The summed E-state index contributed by atoms with van der Waals surface area (Å²) in [7, 11) is 1.62. The molecule has 0 spiro atoms. The highest BCUT2D eigenvalue weighted by atomic mass is 32.2. The van der Waals surface area contributed by atoms with Crippen LogP contribution in [0.15, 0.2) is 36.9 Å². The first-order chi connectivity index (χ1) is 7.54. The van der Waals surface area contributed by atoms with E-state index in [0.717, 1.165) is 11.8 Å². The van der Waals surface area contributed by atoms with Crippen LogP contribution in [0.5, 0.6) is 0 Å². The van der Waals surface area contributed by atoms with Gasteiger partial charge in [-0.25, -0.2) is 4.39 Å². The Balaban J connectivity index is 2.74.